The Morgan fingerprint density at radius 2 is 1.90 bits per heavy atom. The molecule has 0 aliphatic rings. The lowest BCUT2D eigenvalue weighted by molar-refractivity contribution is 0.673. The largest absolute Gasteiger partial charge is 0.360 e. The average molecular weight is 417 g/mol. The van der Waals surface area contributed by atoms with Gasteiger partial charge in [0.25, 0.3) is 5.56 Å². The molecule has 1 N–H and O–H groups in total. The van der Waals surface area contributed by atoms with E-state index < -0.39 is 0 Å². The van der Waals surface area contributed by atoms with Crippen LogP contribution in [-0.2, 0) is 0 Å². The second-order valence-electron chi connectivity index (χ2n) is 7.29. The molecule has 5 aromatic rings. The van der Waals surface area contributed by atoms with Gasteiger partial charge in [-0.15, -0.1) is 11.3 Å². The normalized spacial score (nSPS) is 12.5. The summed E-state index contributed by atoms with van der Waals surface area (Å²) in [6.07, 6.45) is 3.38. The standard InChI is InChI=1S/C22H20N6OS/c1-13-9-10-27-18(13)22(29)28(16-7-5-4-6-8-16)20(26-27)15(3)25-19-17-11-14(2)30-21(17)24-12-23-19/h4-12,15H,1-3H3,(H,23,24,25)/t15-/m0/s1. The van der Waals surface area contributed by atoms with Gasteiger partial charge < -0.3 is 5.32 Å². The van der Waals surface area contributed by atoms with E-state index in [1.54, 1.807) is 26.7 Å². The fourth-order valence-electron chi connectivity index (χ4n) is 3.70. The lowest BCUT2D eigenvalue weighted by atomic mass is 10.2. The summed E-state index contributed by atoms with van der Waals surface area (Å²) in [6.45, 7) is 5.96. The number of hydrogen-bond acceptors (Lipinski definition) is 6. The van der Waals surface area contributed by atoms with Crippen LogP contribution in [0.5, 0.6) is 0 Å². The Balaban J connectivity index is 1.68. The predicted molar refractivity (Wildman–Crippen MR) is 120 cm³/mol. The first-order valence-corrected chi connectivity index (χ1v) is 10.5. The van der Waals surface area contributed by atoms with Gasteiger partial charge in [0.15, 0.2) is 5.82 Å². The van der Waals surface area contributed by atoms with E-state index in [0.29, 0.717) is 11.3 Å². The Morgan fingerprint density at radius 3 is 2.70 bits per heavy atom. The maximum atomic E-state index is 13.5. The maximum Gasteiger partial charge on any atom is 0.282 e. The maximum absolute atomic E-state index is 13.5. The van der Waals surface area contributed by atoms with Gasteiger partial charge in [-0.25, -0.2) is 14.5 Å². The van der Waals surface area contributed by atoms with Crippen LogP contribution in [0.25, 0.3) is 21.4 Å². The molecule has 4 heterocycles. The molecular formula is C22H20N6OS. The van der Waals surface area contributed by atoms with Crippen molar-refractivity contribution in [1.29, 1.82) is 0 Å². The molecule has 0 spiro atoms. The molecule has 1 atom stereocenters. The van der Waals surface area contributed by atoms with Crippen molar-refractivity contribution < 1.29 is 0 Å². The van der Waals surface area contributed by atoms with Crippen molar-refractivity contribution >= 4 is 32.9 Å². The molecule has 7 nitrogen and oxygen atoms in total. The minimum absolute atomic E-state index is 0.0958. The lowest BCUT2D eigenvalue weighted by Gasteiger charge is -2.20. The minimum Gasteiger partial charge on any atom is -0.360 e. The van der Waals surface area contributed by atoms with Crippen LogP contribution in [0.3, 0.4) is 0 Å². The summed E-state index contributed by atoms with van der Waals surface area (Å²) in [6, 6.07) is 13.3. The number of para-hydroxylation sites is 1. The third-order valence-corrected chi connectivity index (χ3v) is 6.08. The van der Waals surface area contributed by atoms with E-state index >= 15 is 0 Å². The zero-order valence-electron chi connectivity index (χ0n) is 16.8. The number of aryl methyl sites for hydroxylation is 2. The molecule has 0 saturated carbocycles. The summed E-state index contributed by atoms with van der Waals surface area (Å²) < 4.78 is 3.34. The summed E-state index contributed by atoms with van der Waals surface area (Å²) in [5, 5.41) is 9.20. The number of aromatic nitrogens is 5. The van der Waals surface area contributed by atoms with Crippen LogP contribution < -0.4 is 10.9 Å². The van der Waals surface area contributed by atoms with Gasteiger partial charge in [-0.2, -0.15) is 5.10 Å². The molecule has 150 valence electrons. The highest BCUT2D eigenvalue weighted by atomic mass is 32.1. The second kappa shape index (κ2) is 7.07. The van der Waals surface area contributed by atoms with Gasteiger partial charge in [-0.1, -0.05) is 18.2 Å². The molecule has 0 aliphatic carbocycles. The summed E-state index contributed by atoms with van der Waals surface area (Å²) >= 11 is 1.63. The molecule has 0 amide bonds. The summed E-state index contributed by atoms with van der Waals surface area (Å²) in [5.74, 6) is 1.34. The van der Waals surface area contributed by atoms with Crippen LogP contribution in [0.2, 0.25) is 0 Å². The van der Waals surface area contributed by atoms with E-state index in [4.69, 9.17) is 5.10 Å². The highest BCUT2D eigenvalue weighted by molar-refractivity contribution is 7.18. The molecule has 0 radical (unpaired) electrons. The van der Waals surface area contributed by atoms with E-state index in [2.05, 4.69) is 28.3 Å². The summed E-state index contributed by atoms with van der Waals surface area (Å²) in [4.78, 5) is 24.4. The van der Waals surface area contributed by atoms with Crippen molar-refractivity contribution in [2.75, 3.05) is 5.32 Å². The Hall–Kier alpha value is -3.52. The zero-order valence-corrected chi connectivity index (χ0v) is 17.6. The molecular weight excluding hydrogens is 396 g/mol. The molecule has 8 heteroatoms. The Kier molecular flexibility index (Phi) is 4.36. The second-order valence-corrected chi connectivity index (χ2v) is 8.53. The van der Waals surface area contributed by atoms with Crippen LogP contribution in [0.1, 0.15) is 29.2 Å². The fraction of sp³-hybridized carbons (Fsp3) is 0.182. The number of nitrogens with zero attached hydrogens (tertiary/aromatic N) is 5. The molecule has 0 fully saturated rings. The lowest BCUT2D eigenvalue weighted by Crippen LogP contribution is -2.29. The average Bonchev–Trinajstić information content (AvgIpc) is 3.31. The van der Waals surface area contributed by atoms with Crippen LogP contribution in [0.15, 0.2) is 59.8 Å². The first-order chi connectivity index (χ1) is 14.5. The van der Waals surface area contributed by atoms with Gasteiger partial charge in [-0.05, 0) is 50.6 Å². The Morgan fingerprint density at radius 1 is 1.10 bits per heavy atom. The van der Waals surface area contributed by atoms with Gasteiger partial charge in [-0.3, -0.25) is 9.36 Å². The quantitative estimate of drug-likeness (QED) is 0.473. The number of anilines is 1. The third kappa shape index (κ3) is 2.96. The first kappa shape index (κ1) is 18.5. The number of fused-ring (bicyclic) bond motifs is 2. The van der Waals surface area contributed by atoms with Crippen LogP contribution in [0.4, 0.5) is 5.82 Å². The molecule has 4 aromatic heterocycles. The van der Waals surface area contributed by atoms with Crippen molar-refractivity contribution in [3.8, 4) is 5.69 Å². The van der Waals surface area contributed by atoms with Crippen molar-refractivity contribution in [3.05, 3.63) is 81.6 Å². The predicted octanol–water partition coefficient (Wildman–Crippen LogP) is 4.28. The van der Waals surface area contributed by atoms with Gasteiger partial charge >= 0.3 is 0 Å². The van der Waals surface area contributed by atoms with Gasteiger partial charge in [0, 0.05) is 11.1 Å². The Bertz CT molecular complexity index is 1430. The molecule has 5 rings (SSSR count). The van der Waals surface area contributed by atoms with E-state index in [1.807, 2.05) is 56.4 Å². The van der Waals surface area contributed by atoms with Crippen molar-refractivity contribution in [3.63, 3.8) is 0 Å². The van der Waals surface area contributed by atoms with Crippen molar-refractivity contribution in [2.24, 2.45) is 0 Å². The number of benzene rings is 1. The highest BCUT2D eigenvalue weighted by Crippen LogP contribution is 2.29. The van der Waals surface area contributed by atoms with Gasteiger partial charge in [0.05, 0.1) is 17.1 Å². The first-order valence-electron chi connectivity index (χ1n) is 9.67. The SMILES string of the molecule is Cc1cc2c(N[C@@H](C)c3nn4ccc(C)c4c(=O)n3-c3ccccc3)ncnc2s1. The van der Waals surface area contributed by atoms with E-state index in [0.717, 1.165) is 27.3 Å². The molecule has 0 bridgehead atoms. The molecule has 1 aromatic carbocycles. The summed E-state index contributed by atoms with van der Waals surface area (Å²) in [7, 11) is 0. The van der Waals surface area contributed by atoms with E-state index in [9.17, 15) is 4.79 Å². The number of nitrogens with one attached hydrogen (secondary N) is 1. The van der Waals surface area contributed by atoms with E-state index in [-0.39, 0.29) is 11.6 Å². The van der Waals surface area contributed by atoms with Gasteiger partial charge in [0.2, 0.25) is 0 Å². The third-order valence-electron chi connectivity index (χ3n) is 5.12. The van der Waals surface area contributed by atoms with Crippen LogP contribution in [0, 0.1) is 13.8 Å². The Labute approximate surface area is 176 Å². The van der Waals surface area contributed by atoms with Crippen LogP contribution >= 0.6 is 11.3 Å². The fourth-order valence-corrected chi connectivity index (χ4v) is 4.55. The molecule has 0 aliphatic heterocycles. The monoisotopic (exact) mass is 416 g/mol. The van der Waals surface area contributed by atoms with Crippen molar-refractivity contribution in [1.82, 2.24) is 24.1 Å². The highest BCUT2D eigenvalue weighted by Gasteiger charge is 2.20. The summed E-state index contributed by atoms with van der Waals surface area (Å²) in [5.41, 5.74) is 2.16. The zero-order chi connectivity index (χ0) is 20.8. The van der Waals surface area contributed by atoms with E-state index in [1.165, 1.54) is 4.88 Å². The smallest absolute Gasteiger partial charge is 0.282 e. The van der Waals surface area contributed by atoms with Crippen molar-refractivity contribution in [2.45, 2.75) is 26.8 Å². The number of hydrogen-bond donors (Lipinski definition) is 1. The van der Waals surface area contributed by atoms with Crippen LogP contribution in [-0.4, -0.2) is 24.1 Å². The topological polar surface area (TPSA) is 77.1 Å². The molecule has 0 unspecified atom stereocenters. The molecule has 0 saturated heterocycles. The van der Waals surface area contributed by atoms with Gasteiger partial charge in [0.1, 0.15) is 22.5 Å². The molecule has 30 heavy (non-hydrogen) atoms. The number of thiophene rings is 1. The minimum atomic E-state index is -0.275. The number of rotatable bonds is 4.